The lowest BCUT2D eigenvalue weighted by Gasteiger charge is -2.41. The van der Waals surface area contributed by atoms with E-state index in [1.807, 2.05) is 43.7 Å². The van der Waals surface area contributed by atoms with Crippen LogP contribution in [0.4, 0.5) is 0 Å². The number of ether oxygens (including phenoxy) is 2. The summed E-state index contributed by atoms with van der Waals surface area (Å²) in [4.78, 5) is 7.41. The van der Waals surface area contributed by atoms with Crippen molar-refractivity contribution in [2.75, 3.05) is 44.9 Å². The standard InChI is InChI=1S/C29H37N5O4S/c1-29(2,33-13-17-39(35,36)18-14-33)12-11-23-20-34(24-19-30-32(3)21-24)28-26(23)9-10-27(31-28)22-5-7-25(8-6-22)38-16-15-37-4/h5-10,19-21H,11-18H2,1-4H3. The minimum atomic E-state index is -2.91. The highest BCUT2D eigenvalue weighted by molar-refractivity contribution is 7.91. The van der Waals surface area contributed by atoms with E-state index in [2.05, 4.69) is 46.7 Å². The van der Waals surface area contributed by atoms with Crippen molar-refractivity contribution in [1.29, 1.82) is 0 Å². The number of pyridine rings is 1. The first-order chi connectivity index (χ1) is 18.6. The third-order valence-corrected chi connectivity index (χ3v) is 9.23. The quantitative estimate of drug-likeness (QED) is 0.276. The molecule has 1 aliphatic rings. The van der Waals surface area contributed by atoms with E-state index in [-0.39, 0.29) is 17.0 Å². The predicted molar refractivity (Wildman–Crippen MR) is 153 cm³/mol. The van der Waals surface area contributed by atoms with Crippen LogP contribution in [0.25, 0.3) is 28.0 Å². The highest BCUT2D eigenvalue weighted by Gasteiger charge is 2.32. The van der Waals surface area contributed by atoms with E-state index in [1.54, 1.807) is 11.8 Å². The van der Waals surface area contributed by atoms with Crippen molar-refractivity contribution in [1.82, 2.24) is 24.2 Å². The largest absolute Gasteiger partial charge is 0.491 e. The normalized spacial score (nSPS) is 16.1. The Morgan fingerprint density at radius 2 is 1.74 bits per heavy atom. The number of aryl methyl sites for hydroxylation is 2. The number of rotatable bonds is 10. The Morgan fingerprint density at radius 3 is 2.41 bits per heavy atom. The van der Waals surface area contributed by atoms with Gasteiger partial charge in [0.2, 0.25) is 0 Å². The van der Waals surface area contributed by atoms with Crippen LogP contribution in [0.2, 0.25) is 0 Å². The van der Waals surface area contributed by atoms with Gasteiger partial charge in [-0.05, 0) is 68.7 Å². The molecule has 1 aromatic carbocycles. The van der Waals surface area contributed by atoms with Crippen LogP contribution in [0.5, 0.6) is 5.75 Å². The number of methoxy groups -OCH3 is 1. The highest BCUT2D eigenvalue weighted by atomic mass is 32.2. The average molecular weight is 552 g/mol. The van der Waals surface area contributed by atoms with Gasteiger partial charge < -0.3 is 9.47 Å². The summed E-state index contributed by atoms with van der Waals surface area (Å²) >= 11 is 0. The third-order valence-electron chi connectivity index (χ3n) is 7.62. The van der Waals surface area contributed by atoms with Gasteiger partial charge in [0.15, 0.2) is 9.84 Å². The van der Waals surface area contributed by atoms with Gasteiger partial charge in [-0.15, -0.1) is 0 Å². The van der Waals surface area contributed by atoms with Crippen LogP contribution in [-0.2, 0) is 28.0 Å². The van der Waals surface area contributed by atoms with Crippen LogP contribution in [0, 0.1) is 0 Å². The molecule has 1 saturated heterocycles. The van der Waals surface area contributed by atoms with E-state index in [9.17, 15) is 8.42 Å². The van der Waals surface area contributed by atoms with E-state index in [0.29, 0.717) is 26.3 Å². The lowest BCUT2D eigenvalue weighted by molar-refractivity contribution is 0.123. The molecule has 0 saturated carbocycles. The minimum Gasteiger partial charge on any atom is -0.491 e. The van der Waals surface area contributed by atoms with E-state index in [4.69, 9.17) is 14.5 Å². The number of hydrogen-bond donors (Lipinski definition) is 0. The minimum absolute atomic E-state index is 0.112. The van der Waals surface area contributed by atoms with Gasteiger partial charge in [-0.25, -0.2) is 13.4 Å². The van der Waals surface area contributed by atoms with Gasteiger partial charge in [-0.1, -0.05) is 0 Å². The highest BCUT2D eigenvalue weighted by Crippen LogP contribution is 2.31. The molecule has 3 aromatic heterocycles. The number of hydrogen-bond acceptors (Lipinski definition) is 7. The maximum Gasteiger partial charge on any atom is 0.152 e. The summed E-state index contributed by atoms with van der Waals surface area (Å²) in [6.45, 7) is 6.66. The Morgan fingerprint density at radius 1 is 1.00 bits per heavy atom. The van der Waals surface area contributed by atoms with E-state index < -0.39 is 9.84 Å². The Bertz CT molecular complexity index is 1530. The zero-order chi connectivity index (χ0) is 27.6. The van der Waals surface area contributed by atoms with Crippen LogP contribution in [0.1, 0.15) is 25.8 Å². The van der Waals surface area contributed by atoms with Crippen LogP contribution in [-0.4, -0.2) is 83.1 Å². The van der Waals surface area contributed by atoms with Crippen molar-refractivity contribution in [2.45, 2.75) is 32.2 Å². The van der Waals surface area contributed by atoms with Crippen molar-refractivity contribution < 1.29 is 17.9 Å². The monoisotopic (exact) mass is 551 g/mol. The number of benzene rings is 1. The Labute approximate surface area is 230 Å². The zero-order valence-corrected chi connectivity index (χ0v) is 23.9. The van der Waals surface area contributed by atoms with Gasteiger partial charge >= 0.3 is 0 Å². The Hall–Kier alpha value is -3.21. The topological polar surface area (TPSA) is 91.5 Å². The first kappa shape index (κ1) is 27.4. The van der Waals surface area contributed by atoms with Crippen molar-refractivity contribution in [2.24, 2.45) is 7.05 Å². The van der Waals surface area contributed by atoms with Gasteiger partial charge in [-0.3, -0.25) is 14.1 Å². The predicted octanol–water partition coefficient (Wildman–Crippen LogP) is 3.89. The van der Waals surface area contributed by atoms with Crippen LogP contribution in [0.15, 0.2) is 55.0 Å². The fraction of sp³-hybridized carbons (Fsp3) is 0.448. The molecule has 9 nitrogen and oxygen atoms in total. The molecule has 0 radical (unpaired) electrons. The van der Waals surface area contributed by atoms with Gasteiger partial charge in [-0.2, -0.15) is 5.10 Å². The molecule has 4 heterocycles. The summed E-state index contributed by atoms with van der Waals surface area (Å²) in [6, 6.07) is 12.2. The van der Waals surface area contributed by atoms with Gasteiger partial charge in [0.25, 0.3) is 0 Å². The fourth-order valence-electron chi connectivity index (χ4n) is 5.14. The molecule has 0 spiro atoms. The number of fused-ring (bicyclic) bond motifs is 1. The molecule has 39 heavy (non-hydrogen) atoms. The van der Waals surface area contributed by atoms with E-state index in [1.165, 1.54) is 5.56 Å². The maximum absolute atomic E-state index is 11.9. The summed E-state index contributed by atoms with van der Waals surface area (Å²) in [6.07, 6.45) is 7.77. The Kier molecular flexibility index (Phi) is 7.80. The molecule has 1 fully saturated rings. The van der Waals surface area contributed by atoms with Gasteiger partial charge in [0.1, 0.15) is 18.0 Å². The number of nitrogens with zero attached hydrogens (tertiary/aromatic N) is 5. The summed E-state index contributed by atoms with van der Waals surface area (Å²) in [5, 5.41) is 5.49. The third kappa shape index (κ3) is 6.18. The molecule has 5 rings (SSSR count). The van der Waals surface area contributed by atoms with Gasteiger partial charge in [0.05, 0.1) is 35.7 Å². The first-order valence-corrected chi connectivity index (χ1v) is 15.1. The lowest BCUT2D eigenvalue weighted by Crippen LogP contribution is -2.51. The SMILES string of the molecule is COCCOc1ccc(-c2ccc3c(CCC(C)(C)N4CCS(=O)(=O)CC4)cn(-c4cnn(C)c4)c3n2)cc1. The van der Waals surface area contributed by atoms with Crippen LogP contribution in [0.3, 0.4) is 0 Å². The van der Waals surface area contributed by atoms with E-state index in [0.717, 1.165) is 46.6 Å². The second-order valence-electron chi connectivity index (χ2n) is 10.8. The summed E-state index contributed by atoms with van der Waals surface area (Å²) in [7, 11) is 0.662. The summed E-state index contributed by atoms with van der Waals surface area (Å²) < 4.78 is 38.5. The molecular weight excluding hydrogens is 514 g/mol. The molecule has 10 heteroatoms. The molecule has 0 unspecified atom stereocenters. The smallest absolute Gasteiger partial charge is 0.152 e. The molecule has 0 aliphatic carbocycles. The molecule has 208 valence electrons. The van der Waals surface area contributed by atoms with Crippen molar-refractivity contribution in [3.05, 3.63) is 60.6 Å². The molecule has 0 N–H and O–H groups in total. The Balaban J connectivity index is 1.42. The summed E-state index contributed by atoms with van der Waals surface area (Å²) in [5.74, 6) is 1.28. The molecule has 0 bridgehead atoms. The average Bonchev–Trinajstić information content (AvgIpc) is 3.50. The molecule has 0 amide bonds. The molecule has 1 aliphatic heterocycles. The molecular formula is C29H37N5O4S. The second kappa shape index (κ2) is 11.1. The molecule has 4 aromatic rings. The lowest BCUT2D eigenvalue weighted by atomic mass is 9.93. The van der Waals surface area contributed by atoms with Crippen molar-refractivity contribution in [3.63, 3.8) is 0 Å². The van der Waals surface area contributed by atoms with Crippen LogP contribution < -0.4 is 4.74 Å². The maximum atomic E-state index is 11.9. The number of aromatic nitrogens is 4. The van der Waals surface area contributed by atoms with Gasteiger partial charge in [0, 0.05) is 56.1 Å². The van der Waals surface area contributed by atoms with Crippen LogP contribution >= 0.6 is 0 Å². The zero-order valence-electron chi connectivity index (χ0n) is 23.1. The molecule has 0 atom stereocenters. The number of sulfone groups is 1. The first-order valence-electron chi connectivity index (χ1n) is 13.3. The fourth-order valence-corrected chi connectivity index (χ4v) is 6.34. The van der Waals surface area contributed by atoms with Crippen molar-refractivity contribution in [3.8, 4) is 22.7 Å². The second-order valence-corrected chi connectivity index (χ2v) is 13.1. The summed E-state index contributed by atoms with van der Waals surface area (Å²) in [5.41, 5.74) is 4.85. The van der Waals surface area contributed by atoms with E-state index >= 15 is 0 Å². The van der Waals surface area contributed by atoms with Crippen molar-refractivity contribution >= 4 is 20.9 Å².